The number of ether oxygens (including phenoxy) is 1. The average Bonchev–Trinajstić information content (AvgIpc) is 2.75. The molecule has 1 saturated heterocycles. The number of carbonyl (C=O) groups excluding carboxylic acids is 1. The molecule has 0 unspecified atom stereocenters. The maximum atomic E-state index is 12.5. The molecule has 0 aliphatic carbocycles. The van der Waals surface area contributed by atoms with Gasteiger partial charge in [0.15, 0.2) is 0 Å². The van der Waals surface area contributed by atoms with Crippen LogP contribution in [0, 0.1) is 17.2 Å². The predicted molar refractivity (Wildman–Crippen MR) is 113 cm³/mol. The van der Waals surface area contributed by atoms with Crippen molar-refractivity contribution in [3.05, 3.63) is 65.2 Å². The molecule has 2 aromatic rings. The highest BCUT2D eigenvalue weighted by Gasteiger charge is 2.22. The minimum atomic E-state index is 0.238. The van der Waals surface area contributed by atoms with Crippen LogP contribution in [0.3, 0.4) is 0 Å². The van der Waals surface area contributed by atoms with E-state index in [9.17, 15) is 4.79 Å². The standard InChI is InChI=1S/C23H26N2O2S/c1-27-22-8-6-18(7-9-22)14-19-10-12-25(13-11-19)23(26)17-28-16-21-4-2-20(15-24)3-5-21/h2-9,19H,10-14,16-17H2,1H3. The van der Waals surface area contributed by atoms with Gasteiger partial charge in [-0.2, -0.15) is 5.26 Å². The lowest BCUT2D eigenvalue weighted by atomic mass is 9.90. The number of amides is 1. The van der Waals surface area contributed by atoms with Gasteiger partial charge in [-0.1, -0.05) is 24.3 Å². The number of thioether (sulfide) groups is 1. The number of piperidine rings is 1. The second-order valence-corrected chi connectivity index (χ2v) is 8.16. The number of nitrogens with zero attached hydrogens (tertiary/aromatic N) is 2. The fourth-order valence-corrected chi connectivity index (χ4v) is 4.39. The Morgan fingerprint density at radius 1 is 1.11 bits per heavy atom. The van der Waals surface area contributed by atoms with Gasteiger partial charge in [0, 0.05) is 18.8 Å². The molecular formula is C23H26N2O2S. The Morgan fingerprint density at radius 2 is 1.75 bits per heavy atom. The molecular weight excluding hydrogens is 368 g/mol. The van der Waals surface area contributed by atoms with Crippen molar-refractivity contribution in [1.82, 2.24) is 4.90 Å². The van der Waals surface area contributed by atoms with E-state index >= 15 is 0 Å². The van der Waals surface area contributed by atoms with Crippen molar-refractivity contribution in [2.75, 3.05) is 26.0 Å². The first-order valence-electron chi connectivity index (χ1n) is 9.65. The van der Waals surface area contributed by atoms with Crippen LogP contribution in [-0.4, -0.2) is 36.8 Å². The van der Waals surface area contributed by atoms with E-state index in [4.69, 9.17) is 10.00 Å². The molecule has 0 N–H and O–H groups in total. The first-order valence-corrected chi connectivity index (χ1v) is 10.8. The molecule has 0 bridgehead atoms. The van der Waals surface area contributed by atoms with Gasteiger partial charge in [0.25, 0.3) is 0 Å². The maximum Gasteiger partial charge on any atom is 0.232 e. The van der Waals surface area contributed by atoms with Gasteiger partial charge < -0.3 is 9.64 Å². The molecule has 0 atom stereocenters. The molecule has 1 heterocycles. The Bertz CT molecular complexity index is 804. The minimum absolute atomic E-state index is 0.238. The van der Waals surface area contributed by atoms with Crippen LogP contribution >= 0.6 is 11.8 Å². The number of hydrogen-bond acceptors (Lipinski definition) is 4. The molecule has 1 fully saturated rings. The van der Waals surface area contributed by atoms with Crippen molar-refractivity contribution in [2.45, 2.75) is 25.0 Å². The molecule has 0 spiro atoms. The zero-order valence-electron chi connectivity index (χ0n) is 16.3. The van der Waals surface area contributed by atoms with Crippen LogP contribution in [0.5, 0.6) is 5.75 Å². The van der Waals surface area contributed by atoms with E-state index < -0.39 is 0 Å². The van der Waals surface area contributed by atoms with Gasteiger partial charge in [0.2, 0.25) is 5.91 Å². The van der Waals surface area contributed by atoms with Crippen LogP contribution in [0.2, 0.25) is 0 Å². The highest BCUT2D eigenvalue weighted by Crippen LogP contribution is 2.24. The number of methoxy groups -OCH3 is 1. The monoisotopic (exact) mass is 394 g/mol. The molecule has 0 aromatic heterocycles. The summed E-state index contributed by atoms with van der Waals surface area (Å²) >= 11 is 1.64. The van der Waals surface area contributed by atoms with Crippen molar-refractivity contribution in [3.8, 4) is 11.8 Å². The first kappa shape index (κ1) is 20.3. The van der Waals surface area contributed by atoms with Gasteiger partial charge in [-0.15, -0.1) is 11.8 Å². The van der Waals surface area contributed by atoms with Crippen LogP contribution in [0.15, 0.2) is 48.5 Å². The Kier molecular flexibility index (Phi) is 7.39. The molecule has 1 aliphatic heterocycles. The second-order valence-electron chi connectivity index (χ2n) is 7.18. The summed E-state index contributed by atoms with van der Waals surface area (Å²) in [6.45, 7) is 1.72. The third-order valence-corrected chi connectivity index (χ3v) is 6.22. The van der Waals surface area contributed by atoms with Gasteiger partial charge in [0.05, 0.1) is 24.5 Å². The lowest BCUT2D eigenvalue weighted by Gasteiger charge is -2.32. The quantitative estimate of drug-likeness (QED) is 0.703. The SMILES string of the molecule is COc1ccc(CC2CCN(C(=O)CSCc3ccc(C#N)cc3)CC2)cc1. The van der Waals surface area contributed by atoms with Crippen molar-refractivity contribution >= 4 is 17.7 Å². The fourth-order valence-electron chi connectivity index (χ4n) is 3.50. The normalized spacial score (nSPS) is 14.5. The Hall–Kier alpha value is -2.45. The molecule has 4 nitrogen and oxygen atoms in total. The van der Waals surface area contributed by atoms with E-state index in [1.165, 1.54) is 5.56 Å². The predicted octanol–water partition coefficient (Wildman–Crippen LogP) is 4.28. The summed E-state index contributed by atoms with van der Waals surface area (Å²) in [5.41, 5.74) is 3.15. The zero-order valence-corrected chi connectivity index (χ0v) is 17.1. The molecule has 5 heteroatoms. The summed E-state index contributed by atoms with van der Waals surface area (Å²) in [7, 11) is 1.68. The van der Waals surface area contributed by atoms with Crippen LogP contribution in [0.4, 0.5) is 0 Å². The molecule has 0 saturated carbocycles. The lowest BCUT2D eigenvalue weighted by Crippen LogP contribution is -2.39. The van der Waals surface area contributed by atoms with E-state index in [0.717, 1.165) is 49.4 Å². The summed E-state index contributed by atoms with van der Waals surface area (Å²) < 4.78 is 5.21. The molecule has 28 heavy (non-hydrogen) atoms. The van der Waals surface area contributed by atoms with Gasteiger partial charge in [-0.25, -0.2) is 0 Å². The number of nitriles is 1. The molecule has 146 valence electrons. The Balaban J connectivity index is 1.37. The molecule has 1 aliphatic rings. The average molecular weight is 395 g/mol. The third kappa shape index (κ3) is 5.77. The molecule has 0 radical (unpaired) electrons. The highest BCUT2D eigenvalue weighted by atomic mass is 32.2. The summed E-state index contributed by atoms with van der Waals surface area (Å²) in [4.78, 5) is 14.5. The van der Waals surface area contributed by atoms with Crippen LogP contribution < -0.4 is 4.74 Å². The zero-order chi connectivity index (χ0) is 19.8. The summed E-state index contributed by atoms with van der Waals surface area (Å²) in [5, 5.41) is 8.83. The van der Waals surface area contributed by atoms with E-state index in [1.54, 1.807) is 18.9 Å². The fraction of sp³-hybridized carbons (Fsp3) is 0.391. The number of likely N-dealkylation sites (tertiary alicyclic amines) is 1. The summed E-state index contributed by atoms with van der Waals surface area (Å²) in [6.07, 6.45) is 3.20. The van der Waals surface area contributed by atoms with Crippen LogP contribution in [0.25, 0.3) is 0 Å². The largest absolute Gasteiger partial charge is 0.497 e. The minimum Gasteiger partial charge on any atom is -0.497 e. The number of benzene rings is 2. The topological polar surface area (TPSA) is 53.3 Å². The van der Waals surface area contributed by atoms with Crippen molar-refractivity contribution < 1.29 is 9.53 Å². The number of rotatable bonds is 7. The molecule has 1 amide bonds. The first-order chi connectivity index (χ1) is 13.7. The summed E-state index contributed by atoms with van der Waals surface area (Å²) in [6, 6.07) is 18.0. The van der Waals surface area contributed by atoms with Crippen LogP contribution in [0.1, 0.15) is 29.5 Å². The van der Waals surface area contributed by atoms with Crippen molar-refractivity contribution in [2.24, 2.45) is 5.92 Å². The van der Waals surface area contributed by atoms with Gasteiger partial charge in [0.1, 0.15) is 5.75 Å². The van der Waals surface area contributed by atoms with E-state index in [-0.39, 0.29) is 5.91 Å². The van der Waals surface area contributed by atoms with Gasteiger partial charge in [-0.3, -0.25) is 4.79 Å². The Labute approximate surface area is 171 Å². The van der Waals surface area contributed by atoms with Crippen LogP contribution in [-0.2, 0) is 17.0 Å². The van der Waals surface area contributed by atoms with E-state index in [0.29, 0.717) is 17.2 Å². The maximum absolute atomic E-state index is 12.5. The summed E-state index contributed by atoms with van der Waals surface area (Å²) in [5.74, 6) is 3.09. The number of carbonyl (C=O) groups is 1. The van der Waals surface area contributed by atoms with Gasteiger partial charge >= 0.3 is 0 Å². The van der Waals surface area contributed by atoms with Crippen molar-refractivity contribution in [3.63, 3.8) is 0 Å². The van der Waals surface area contributed by atoms with Crippen molar-refractivity contribution in [1.29, 1.82) is 5.26 Å². The molecule has 2 aromatic carbocycles. The smallest absolute Gasteiger partial charge is 0.232 e. The lowest BCUT2D eigenvalue weighted by molar-refractivity contribution is -0.129. The highest BCUT2D eigenvalue weighted by molar-refractivity contribution is 7.99. The van der Waals surface area contributed by atoms with E-state index in [1.807, 2.05) is 41.3 Å². The second kappa shape index (κ2) is 10.2. The Morgan fingerprint density at radius 3 is 2.36 bits per heavy atom. The van der Waals surface area contributed by atoms with Gasteiger partial charge in [-0.05, 0) is 60.6 Å². The van der Waals surface area contributed by atoms with E-state index in [2.05, 4.69) is 18.2 Å². The molecule has 3 rings (SSSR count). The number of hydrogen-bond donors (Lipinski definition) is 0. The third-order valence-electron chi connectivity index (χ3n) is 5.23.